The molecule has 1 N–H and O–H groups in total. The Morgan fingerprint density at radius 1 is 1.00 bits per heavy atom. The first-order chi connectivity index (χ1) is 10.3. The van der Waals surface area contributed by atoms with E-state index in [4.69, 9.17) is 0 Å². The summed E-state index contributed by atoms with van der Waals surface area (Å²) in [4.78, 5) is 6.84. The predicted octanol–water partition coefficient (Wildman–Crippen LogP) is 4.18. The SMILES string of the molecule is CC(C)(C)N[Si](C)(C)[C@H]1CC(N2CCCC2)C2C=CC=CC21. The summed E-state index contributed by atoms with van der Waals surface area (Å²) in [6.07, 6.45) is 13.8. The van der Waals surface area contributed by atoms with E-state index < -0.39 is 8.24 Å². The van der Waals surface area contributed by atoms with E-state index in [1.807, 2.05) is 0 Å². The Bertz CT molecular complexity index is 455. The fraction of sp³-hybridized carbons (Fsp3) is 0.789. The fourth-order valence-corrected chi connectivity index (χ4v) is 9.55. The van der Waals surface area contributed by atoms with Crippen molar-refractivity contribution in [2.75, 3.05) is 13.1 Å². The zero-order chi connectivity index (χ0) is 16.0. The van der Waals surface area contributed by atoms with Crippen molar-refractivity contribution < 1.29 is 0 Å². The number of nitrogens with zero attached hydrogens (tertiary/aromatic N) is 1. The summed E-state index contributed by atoms with van der Waals surface area (Å²) in [6, 6.07) is 0.784. The Labute approximate surface area is 138 Å². The largest absolute Gasteiger partial charge is 0.332 e. The van der Waals surface area contributed by atoms with Crippen molar-refractivity contribution in [1.82, 2.24) is 9.88 Å². The van der Waals surface area contributed by atoms with Crippen LogP contribution in [-0.2, 0) is 0 Å². The second kappa shape index (κ2) is 5.92. The monoisotopic (exact) mass is 318 g/mol. The third-order valence-corrected chi connectivity index (χ3v) is 9.73. The van der Waals surface area contributed by atoms with Gasteiger partial charge < -0.3 is 4.98 Å². The van der Waals surface area contributed by atoms with E-state index in [9.17, 15) is 0 Å². The van der Waals surface area contributed by atoms with E-state index in [1.165, 1.54) is 32.4 Å². The van der Waals surface area contributed by atoms with Gasteiger partial charge in [-0.15, -0.1) is 0 Å². The van der Waals surface area contributed by atoms with Gasteiger partial charge in [-0.1, -0.05) is 37.4 Å². The van der Waals surface area contributed by atoms with Crippen LogP contribution in [-0.4, -0.2) is 37.8 Å². The zero-order valence-electron chi connectivity index (χ0n) is 15.1. The number of allylic oxidation sites excluding steroid dienone is 3. The summed E-state index contributed by atoms with van der Waals surface area (Å²) in [7, 11) is -1.47. The molecule has 2 aliphatic carbocycles. The molecule has 1 saturated heterocycles. The first-order valence-electron chi connectivity index (χ1n) is 9.16. The molecule has 22 heavy (non-hydrogen) atoms. The van der Waals surface area contributed by atoms with Gasteiger partial charge in [-0.25, -0.2) is 0 Å². The molecule has 3 aliphatic rings. The van der Waals surface area contributed by atoms with E-state index in [0.717, 1.165) is 23.4 Å². The molecule has 0 aromatic rings. The first-order valence-corrected chi connectivity index (χ1v) is 12.2. The minimum Gasteiger partial charge on any atom is -0.332 e. The molecule has 2 fully saturated rings. The van der Waals surface area contributed by atoms with Crippen LogP contribution in [0, 0.1) is 11.8 Å². The molecule has 1 saturated carbocycles. The summed E-state index contributed by atoms with van der Waals surface area (Å²) >= 11 is 0. The summed E-state index contributed by atoms with van der Waals surface area (Å²) in [5, 5.41) is 0. The van der Waals surface area contributed by atoms with Crippen LogP contribution in [0.25, 0.3) is 0 Å². The second-order valence-corrected chi connectivity index (χ2v) is 13.6. The lowest BCUT2D eigenvalue weighted by molar-refractivity contribution is 0.210. The van der Waals surface area contributed by atoms with Crippen LogP contribution in [0.1, 0.15) is 40.0 Å². The minimum absolute atomic E-state index is 0.227. The molecule has 0 aromatic carbocycles. The average molecular weight is 319 g/mol. The Morgan fingerprint density at radius 2 is 1.59 bits per heavy atom. The van der Waals surface area contributed by atoms with Crippen LogP contribution in [0.15, 0.2) is 24.3 Å². The van der Waals surface area contributed by atoms with Gasteiger partial charge in [-0.05, 0) is 70.5 Å². The van der Waals surface area contributed by atoms with Crippen molar-refractivity contribution in [3.63, 3.8) is 0 Å². The van der Waals surface area contributed by atoms with Crippen molar-refractivity contribution in [3.8, 4) is 0 Å². The molecule has 3 heteroatoms. The van der Waals surface area contributed by atoms with Crippen molar-refractivity contribution in [1.29, 1.82) is 0 Å². The number of likely N-dealkylation sites (tertiary alicyclic amines) is 1. The van der Waals surface area contributed by atoms with Crippen molar-refractivity contribution in [2.24, 2.45) is 11.8 Å². The highest BCUT2D eigenvalue weighted by atomic mass is 28.3. The minimum atomic E-state index is -1.47. The predicted molar refractivity (Wildman–Crippen MR) is 98.6 cm³/mol. The van der Waals surface area contributed by atoms with Gasteiger partial charge in [0.15, 0.2) is 0 Å². The van der Waals surface area contributed by atoms with E-state index in [0.29, 0.717) is 0 Å². The van der Waals surface area contributed by atoms with Crippen molar-refractivity contribution >= 4 is 8.24 Å². The number of nitrogens with one attached hydrogen (secondary N) is 1. The topological polar surface area (TPSA) is 15.3 Å². The molecule has 3 rings (SSSR count). The Morgan fingerprint density at radius 3 is 2.18 bits per heavy atom. The van der Waals surface area contributed by atoms with Crippen LogP contribution in [0.4, 0.5) is 0 Å². The number of hydrogen-bond acceptors (Lipinski definition) is 2. The summed E-state index contributed by atoms with van der Waals surface area (Å²) in [5.74, 6) is 1.51. The van der Waals surface area contributed by atoms with E-state index in [-0.39, 0.29) is 5.54 Å². The zero-order valence-corrected chi connectivity index (χ0v) is 16.1. The maximum absolute atomic E-state index is 4.04. The van der Waals surface area contributed by atoms with E-state index in [2.05, 4.69) is 68.1 Å². The standard InChI is InChI=1S/C19H34N2Si/c1-19(2,3)20-22(4,5)18-14-17(21-12-8-9-13-21)15-10-6-7-11-16(15)18/h6-7,10-11,15-18,20H,8-9,12-14H2,1-5H3/t15?,16?,17?,18-/m0/s1. The highest BCUT2D eigenvalue weighted by Gasteiger charge is 2.51. The smallest absolute Gasteiger partial charge is 0.123 e. The molecule has 0 radical (unpaired) electrons. The molecule has 0 amide bonds. The van der Waals surface area contributed by atoms with Gasteiger partial charge in [0.1, 0.15) is 8.24 Å². The third-order valence-electron chi connectivity index (χ3n) is 5.86. The Kier molecular flexibility index (Phi) is 4.43. The van der Waals surface area contributed by atoms with Crippen LogP contribution in [0.5, 0.6) is 0 Å². The molecule has 1 heterocycles. The van der Waals surface area contributed by atoms with Gasteiger partial charge in [0, 0.05) is 11.6 Å². The van der Waals surface area contributed by atoms with Gasteiger partial charge in [0.2, 0.25) is 0 Å². The van der Waals surface area contributed by atoms with Crippen molar-refractivity contribution in [2.45, 2.75) is 70.2 Å². The van der Waals surface area contributed by atoms with Crippen LogP contribution in [0.3, 0.4) is 0 Å². The third kappa shape index (κ3) is 3.27. The molecule has 0 aromatic heterocycles. The Balaban J connectivity index is 1.82. The van der Waals surface area contributed by atoms with Crippen LogP contribution < -0.4 is 4.98 Å². The maximum Gasteiger partial charge on any atom is 0.123 e. The van der Waals surface area contributed by atoms with Crippen LogP contribution in [0.2, 0.25) is 18.6 Å². The maximum atomic E-state index is 4.04. The normalized spacial score (nSPS) is 36.0. The molecule has 1 aliphatic heterocycles. The Hall–Kier alpha value is -0.383. The molecule has 124 valence electrons. The van der Waals surface area contributed by atoms with Crippen molar-refractivity contribution in [3.05, 3.63) is 24.3 Å². The lowest BCUT2D eigenvalue weighted by Crippen LogP contribution is -2.57. The second-order valence-electron chi connectivity index (χ2n) is 9.17. The molecular formula is C19H34N2Si. The van der Waals surface area contributed by atoms with Gasteiger partial charge in [-0.2, -0.15) is 0 Å². The molecule has 0 spiro atoms. The number of hydrogen-bond donors (Lipinski definition) is 1. The number of fused-ring (bicyclic) bond motifs is 1. The summed E-state index contributed by atoms with van der Waals surface area (Å²) in [5.41, 5.74) is 1.08. The number of rotatable bonds is 3. The molecule has 4 atom stereocenters. The summed E-state index contributed by atoms with van der Waals surface area (Å²) in [6.45, 7) is 14.7. The summed E-state index contributed by atoms with van der Waals surface area (Å²) < 4.78 is 0. The highest BCUT2D eigenvalue weighted by Crippen LogP contribution is 2.51. The lowest BCUT2D eigenvalue weighted by Gasteiger charge is -2.40. The molecule has 2 nitrogen and oxygen atoms in total. The molecule has 3 unspecified atom stereocenters. The van der Waals surface area contributed by atoms with Crippen LogP contribution >= 0.6 is 0 Å². The van der Waals surface area contributed by atoms with Gasteiger partial charge >= 0.3 is 0 Å². The molecular weight excluding hydrogens is 284 g/mol. The lowest BCUT2D eigenvalue weighted by atomic mass is 9.89. The van der Waals surface area contributed by atoms with Gasteiger partial charge in [0.25, 0.3) is 0 Å². The van der Waals surface area contributed by atoms with Gasteiger partial charge in [0.05, 0.1) is 0 Å². The first kappa shape index (κ1) is 16.5. The van der Waals surface area contributed by atoms with E-state index >= 15 is 0 Å². The fourth-order valence-electron chi connectivity index (χ4n) is 5.30. The van der Waals surface area contributed by atoms with Gasteiger partial charge in [-0.3, -0.25) is 4.90 Å². The van der Waals surface area contributed by atoms with E-state index in [1.54, 1.807) is 0 Å². The quantitative estimate of drug-likeness (QED) is 0.786. The highest BCUT2D eigenvalue weighted by molar-refractivity contribution is 6.76. The molecule has 0 bridgehead atoms. The average Bonchev–Trinajstić information content (AvgIpc) is 3.02.